The van der Waals surface area contributed by atoms with Crippen molar-refractivity contribution in [3.8, 4) is 0 Å². The molecule has 2 aromatic rings. The molecule has 0 saturated carbocycles. The minimum atomic E-state index is -0.102. The molecule has 0 radical (unpaired) electrons. The maximum Gasteiger partial charge on any atom is 0.270 e. The van der Waals surface area contributed by atoms with Crippen molar-refractivity contribution < 1.29 is 4.79 Å². The van der Waals surface area contributed by atoms with E-state index in [4.69, 9.17) is 0 Å². The number of nitrogens with one attached hydrogen (secondary N) is 1. The number of rotatable bonds is 4. The third-order valence-electron chi connectivity index (χ3n) is 4.52. The molecule has 0 atom stereocenters. The van der Waals surface area contributed by atoms with Crippen LogP contribution in [-0.4, -0.2) is 44.1 Å². The third kappa shape index (κ3) is 4.51. The molecule has 132 valence electrons. The van der Waals surface area contributed by atoms with Crippen molar-refractivity contribution in [1.29, 1.82) is 0 Å². The van der Waals surface area contributed by atoms with E-state index in [1.165, 1.54) is 11.4 Å². The fourth-order valence-corrected chi connectivity index (χ4v) is 3.37. The predicted molar refractivity (Wildman–Crippen MR) is 105 cm³/mol. The van der Waals surface area contributed by atoms with E-state index >= 15 is 0 Å². The van der Waals surface area contributed by atoms with Crippen molar-refractivity contribution in [1.82, 2.24) is 10.3 Å². The second-order valence-corrected chi connectivity index (χ2v) is 7.42. The van der Waals surface area contributed by atoms with Gasteiger partial charge in [0, 0.05) is 55.3 Å². The average molecular weight is 403 g/mol. The van der Waals surface area contributed by atoms with Crippen LogP contribution in [0.25, 0.3) is 0 Å². The zero-order chi connectivity index (χ0) is 17.8. The average Bonchev–Trinajstić information content (AvgIpc) is 2.62. The Kier molecular flexibility index (Phi) is 5.58. The second-order valence-electron chi connectivity index (χ2n) is 6.50. The molecule has 1 saturated heterocycles. The fourth-order valence-electron chi connectivity index (χ4n) is 3.03. The van der Waals surface area contributed by atoms with E-state index in [-0.39, 0.29) is 11.9 Å². The molecule has 5 nitrogen and oxygen atoms in total. The van der Waals surface area contributed by atoms with Crippen LogP contribution >= 0.6 is 15.9 Å². The molecule has 1 aliphatic rings. The van der Waals surface area contributed by atoms with Crippen molar-refractivity contribution >= 4 is 33.2 Å². The van der Waals surface area contributed by atoms with Gasteiger partial charge < -0.3 is 15.1 Å². The molecule has 0 unspecified atom stereocenters. The molecular formula is C19H23BrN4O. The van der Waals surface area contributed by atoms with Gasteiger partial charge in [-0.15, -0.1) is 0 Å². The van der Waals surface area contributed by atoms with E-state index in [1.54, 1.807) is 12.3 Å². The molecule has 6 heteroatoms. The van der Waals surface area contributed by atoms with Crippen molar-refractivity contribution in [2.45, 2.75) is 18.9 Å². The molecule has 2 heterocycles. The van der Waals surface area contributed by atoms with Crippen LogP contribution in [0, 0.1) is 0 Å². The molecule has 1 aromatic heterocycles. The Morgan fingerprint density at radius 3 is 2.48 bits per heavy atom. The minimum Gasteiger partial charge on any atom is -0.378 e. The number of pyridine rings is 1. The summed E-state index contributed by atoms with van der Waals surface area (Å²) in [5.74, 6) is -0.102. The highest BCUT2D eigenvalue weighted by Crippen LogP contribution is 2.23. The minimum absolute atomic E-state index is 0.102. The number of piperidine rings is 1. The van der Waals surface area contributed by atoms with Gasteiger partial charge in [-0.05, 0) is 49.2 Å². The first-order chi connectivity index (χ1) is 12.0. The van der Waals surface area contributed by atoms with Gasteiger partial charge in [0.25, 0.3) is 5.91 Å². The largest absolute Gasteiger partial charge is 0.378 e. The van der Waals surface area contributed by atoms with E-state index in [1.807, 2.05) is 20.2 Å². The Balaban J connectivity index is 1.54. The van der Waals surface area contributed by atoms with E-state index in [9.17, 15) is 4.79 Å². The molecule has 1 N–H and O–H groups in total. The number of hydrogen-bond acceptors (Lipinski definition) is 4. The highest BCUT2D eigenvalue weighted by atomic mass is 79.9. The predicted octanol–water partition coefficient (Wildman–Crippen LogP) is 3.31. The number of aromatic nitrogens is 1. The van der Waals surface area contributed by atoms with Crippen LogP contribution in [0.2, 0.25) is 0 Å². The van der Waals surface area contributed by atoms with E-state index in [0.717, 1.165) is 30.4 Å². The van der Waals surface area contributed by atoms with Crippen molar-refractivity contribution in [2.24, 2.45) is 0 Å². The van der Waals surface area contributed by atoms with Gasteiger partial charge in [0.05, 0.1) is 0 Å². The maximum atomic E-state index is 12.3. The first-order valence-electron chi connectivity index (χ1n) is 8.47. The number of carbonyl (C=O) groups excluding carboxylic acids is 1. The molecular weight excluding hydrogens is 380 g/mol. The van der Waals surface area contributed by atoms with Gasteiger partial charge in [-0.2, -0.15) is 0 Å². The monoisotopic (exact) mass is 402 g/mol. The van der Waals surface area contributed by atoms with Gasteiger partial charge in [-0.1, -0.05) is 15.9 Å². The van der Waals surface area contributed by atoms with Gasteiger partial charge in [0.1, 0.15) is 5.69 Å². The Morgan fingerprint density at radius 1 is 1.20 bits per heavy atom. The van der Waals surface area contributed by atoms with Crippen LogP contribution < -0.4 is 15.1 Å². The number of anilines is 2. The topological polar surface area (TPSA) is 48.5 Å². The fraction of sp³-hybridized carbons (Fsp3) is 0.368. The van der Waals surface area contributed by atoms with Gasteiger partial charge in [-0.25, -0.2) is 0 Å². The van der Waals surface area contributed by atoms with Crippen LogP contribution in [0.15, 0.2) is 47.1 Å². The van der Waals surface area contributed by atoms with Gasteiger partial charge >= 0.3 is 0 Å². The normalized spacial score (nSPS) is 15.1. The third-order valence-corrected chi connectivity index (χ3v) is 5.01. The van der Waals surface area contributed by atoms with Crippen LogP contribution in [0.1, 0.15) is 23.3 Å². The Hall–Kier alpha value is -2.08. The zero-order valence-corrected chi connectivity index (χ0v) is 16.2. The summed E-state index contributed by atoms with van der Waals surface area (Å²) < 4.78 is 0.864. The molecule has 1 aliphatic heterocycles. The first kappa shape index (κ1) is 17.7. The highest BCUT2D eigenvalue weighted by molar-refractivity contribution is 9.10. The number of halogens is 1. The number of nitrogens with zero attached hydrogens (tertiary/aromatic N) is 3. The highest BCUT2D eigenvalue weighted by Gasteiger charge is 2.22. The quantitative estimate of drug-likeness (QED) is 0.851. The summed E-state index contributed by atoms with van der Waals surface area (Å²) in [7, 11) is 4.09. The number of benzene rings is 1. The zero-order valence-electron chi connectivity index (χ0n) is 14.6. The summed E-state index contributed by atoms with van der Waals surface area (Å²) >= 11 is 3.37. The SMILES string of the molecule is CN(C)c1ccc(N2CCC(NC(=O)c3cc(Br)ccn3)CC2)cc1. The van der Waals surface area contributed by atoms with Crippen molar-refractivity contribution in [3.63, 3.8) is 0 Å². The molecule has 1 amide bonds. The standard InChI is InChI=1S/C19H23BrN4O/c1-23(2)16-3-5-17(6-4-16)24-11-8-15(9-12-24)22-19(25)18-13-14(20)7-10-21-18/h3-7,10,13,15H,8-9,11-12H2,1-2H3,(H,22,25). The molecule has 0 bridgehead atoms. The lowest BCUT2D eigenvalue weighted by Crippen LogP contribution is -2.44. The number of amides is 1. The molecule has 1 fully saturated rings. The summed E-state index contributed by atoms with van der Waals surface area (Å²) in [6.45, 7) is 1.89. The first-order valence-corrected chi connectivity index (χ1v) is 9.27. The second kappa shape index (κ2) is 7.87. The maximum absolute atomic E-state index is 12.3. The molecule has 1 aromatic carbocycles. The van der Waals surface area contributed by atoms with Gasteiger partial charge in [0.2, 0.25) is 0 Å². The van der Waals surface area contributed by atoms with Crippen molar-refractivity contribution in [3.05, 3.63) is 52.8 Å². The lowest BCUT2D eigenvalue weighted by atomic mass is 10.0. The van der Waals surface area contributed by atoms with Crippen LogP contribution in [-0.2, 0) is 0 Å². The van der Waals surface area contributed by atoms with Gasteiger partial charge in [-0.3, -0.25) is 9.78 Å². The lowest BCUT2D eigenvalue weighted by Gasteiger charge is -2.34. The smallest absolute Gasteiger partial charge is 0.270 e. The Morgan fingerprint density at radius 2 is 1.88 bits per heavy atom. The molecule has 25 heavy (non-hydrogen) atoms. The van der Waals surface area contributed by atoms with E-state index < -0.39 is 0 Å². The molecule has 0 aliphatic carbocycles. The van der Waals surface area contributed by atoms with Crippen LogP contribution in [0.5, 0.6) is 0 Å². The van der Waals surface area contributed by atoms with Crippen LogP contribution in [0.4, 0.5) is 11.4 Å². The summed E-state index contributed by atoms with van der Waals surface area (Å²) in [4.78, 5) is 20.9. The molecule has 0 spiro atoms. The Labute approximate surface area is 157 Å². The van der Waals surface area contributed by atoms with E-state index in [2.05, 4.69) is 60.3 Å². The lowest BCUT2D eigenvalue weighted by molar-refractivity contribution is 0.0926. The van der Waals surface area contributed by atoms with Crippen LogP contribution in [0.3, 0.4) is 0 Å². The van der Waals surface area contributed by atoms with E-state index in [0.29, 0.717) is 5.69 Å². The summed E-state index contributed by atoms with van der Waals surface area (Å²) in [5, 5.41) is 3.10. The summed E-state index contributed by atoms with van der Waals surface area (Å²) in [6.07, 6.45) is 3.52. The number of carbonyl (C=O) groups is 1. The molecule has 3 rings (SSSR count). The summed E-state index contributed by atoms with van der Waals surface area (Å²) in [5.41, 5.74) is 2.90. The summed E-state index contributed by atoms with van der Waals surface area (Å²) in [6, 6.07) is 12.4. The van der Waals surface area contributed by atoms with Crippen molar-refractivity contribution in [2.75, 3.05) is 37.0 Å². The van der Waals surface area contributed by atoms with Gasteiger partial charge in [0.15, 0.2) is 0 Å². The Bertz CT molecular complexity index is 724. The number of hydrogen-bond donors (Lipinski definition) is 1.